The van der Waals surface area contributed by atoms with Gasteiger partial charge in [-0.1, -0.05) is 23.7 Å². The van der Waals surface area contributed by atoms with Gasteiger partial charge in [-0.05, 0) is 55.5 Å². The average molecular weight is 364 g/mol. The Balaban J connectivity index is 1.72. The lowest BCUT2D eigenvalue weighted by molar-refractivity contribution is -0.0954. The van der Waals surface area contributed by atoms with Gasteiger partial charge in [0.15, 0.2) is 0 Å². The van der Waals surface area contributed by atoms with E-state index in [2.05, 4.69) is 24.4 Å². The molecule has 2 N–H and O–H groups in total. The highest BCUT2D eigenvalue weighted by molar-refractivity contribution is 7.16. The van der Waals surface area contributed by atoms with E-state index in [4.69, 9.17) is 16.3 Å². The van der Waals surface area contributed by atoms with Gasteiger partial charge in [0.2, 0.25) is 0 Å². The van der Waals surface area contributed by atoms with Crippen molar-refractivity contribution in [1.29, 1.82) is 0 Å². The van der Waals surface area contributed by atoms with Crippen molar-refractivity contribution < 1.29 is 9.84 Å². The maximum atomic E-state index is 9.81. The summed E-state index contributed by atoms with van der Waals surface area (Å²) < 4.78 is 7.24. The van der Waals surface area contributed by atoms with E-state index < -0.39 is 0 Å². The van der Waals surface area contributed by atoms with E-state index in [0.717, 1.165) is 35.8 Å². The normalized spacial score (nSPS) is 29.6. The zero-order valence-electron chi connectivity index (χ0n) is 13.9. The molecule has 0 unspecified atom stereocenters. The fourth-order valence-corrected chi connectivity index (χ4v) is 5.63. The van der Waals surface area contributed by atoms with Crippen LogP contribution < -0.4 is 5.32 Å². The fourth-order valence-electron chi connectivity index (χ4n) is 4.17. The van der Waals surface area contributed by atoms with Crippen LogP contribution in [0.3, 0.4) is 0 Å². The van der Waals surface area contributed by atoms with Gasteiger partial charge in [-0.25, -0.2) is 0 Å². The van der Waals surface area contributed by atoms with E-state index in [0.29, 0.717) is 11.8 Å². The van der Waals surface area contributed by atoms with Gasteiger partial charge in [0.1, 0.15) is 11.4 Å². The molecule has 0 saturated carbocycles. The molecule has 1 fully saturated rings. The molecule has 0 bridgehead atoms. The van der Waals surface area contributed by atoms with Crippen LogP contribution in [-0.4, -0.2) is 17.8 Å². The molecule has 2 aromatic rings. The summed E-state index contributed by atoms with van der Waals surface area (Å²) in [4.78, 5) is 1.31. The van der Waals surface area contributed by atoms with E-state index >= 15 is 0 Å². The maximum absolute atomic E-state index is 9.81. The maximum Gasteiger partial charge on any atom is 0.118 e. The standard InChI is InChI=1S/C19H22ClNO2S/c1-11-7-13(3-4-16(11)22)15-10-19(9-12(2)21-15)18-14(5-6-23-19)8-17(20)24-18/h3-4,7-8,12,15,21-22H,5-6,9-10H2,1-2H3/t12-,15-,19-/m0/s1. The summed E-state index contributed by atoms with van der Waals surface area (Å²) in [6.07, 6.45) is 2.81. The van der Waals surface area contributed by atoms with Crippen LogP contribution in [0.2, 0.25) is 4.34 Å². The number of hydrogen-bond donors (Lipinski definition) is 2. The van der Waals surface area contributed by atoms with Crippen LogP contribution in [0.1, 0.15) is 47.4 Å². The fraction of sp³-hybridized carbons (Fsp3) is 0.474. The van der Waals surface area contributed by atoms with E-state index in [9.17, 15) is 5.11 Å². The quantitative estimate of drug-likeness (QED) is 0.771. The Morgan fingerprint density at radius 2 is 2.17 bits per heavy atom. The highest BCUT2D eigenvalue weighted by Gasteiger charge is 2.46. The Labute approximate surface area is 151 Å². The first-order chi connectivity index (χ1) is 11.5. The van der Waals surface area contributed by atoms with Gasteiger partial charge in [0.05, 0.1) is 10.9 Å². The lowest BCUT2D eigenvalue weighted by Gasteiger charge is -2.46. The molecule has 1 spiro atoms. The molecule has 24 heavy (non-hydrogen) atoms. The third-order valence-electron chi connectivity index (χ3n) is 5.22. The Kier molecular flexibility index (Phi) is 4.12. The van der Waals surface area contributed by atoms with Crippen LogP contribution in [0.4, 0.5) is 0 Å². The molecule has 4 rings (SSSR count). The number of phenolic OH excluding ortho intramolecular Hbond substituents is 1. The molecule has 0 radical (unpaired) electrons. The monoisotopic (exact) mass is 363 g/mol. The summed E-state index contributed by atoms with van der Waals surface area (Å²) in [5.41, 5.74) is 3.22. The summed E-state index contributed by atoms with van der Waals surface area (Å²) in [5.74, 6) is 0.346. The Hall–Kier alpha value is -1.07. The van der Waals surface area contributed by atoms with Gasteiger partial charge in [-0.3, -0.25) is 0 Å². The predicted molar refractivity (Wildman–Crippen MR) is 98.1 cm³/mol. The molecule has 3 heterocycles. The topological polar surface area (TPSA) is 41.5 Å². The number of fused-ring (bicyclic) bond motifs is 2. The number of hydrogen-bond acceptors (Lipinski definition) is 4. The van der Waals surface area contributed by atoms with Crippen molar-refractivity contribution in [2.45, 2.75) is 50.8 Å². The summed E-state index contributed by atoms with van der Waals surface area (Å²) in [6.45, 7) is 4.91. The van der Waals surface area contributed by atoms with Crippen molar-refractivity contribution in [3.8, 4) is 5.75 Å². The molecule has 0 aliphatic carbocycles. The van der Waals surface area contributed by atoms with Crippen LogP contribution in [0.15, 0.2) is 24.3 Å². The third kappa shape index (κ3) is 2.76. The second-order valence-electron chi connectivity index (χ2n) is 7.07. The Bertz CT molecular complexity index is 775. The summed E-state index contributed by atoms with van der Waals surface area (Å²) in [6, 6.07) is 8.54. The van der Waals surface area contributed by atoms with Crippen molar-refractivity contribution in [1.82, 2.24) is 5.32 Å². The molecule has 1 aromatic carbocycles. The number of ether oxygens (including phenoxy) is 1. The van der Waals surface area contributed by atoms with Crippen molar-refractivity contribution in [2.75, 3.05) is 6.61 Å². The number of phenols is 1. The largest absolute Gasteiger partial charge is 0.508 e. The van der Waals surface area contributed by atoms with Crippen LogP contribution >= 0.6 is 22.9 Å². The van der Waals surface area contributed by atoms with Crippen LogP contribution in [0, 0.1) is 6.92 Å². The van der Waals surface area contributed by atoms with Gasteiger partial charge in [0.25, 0.3) is 0 Å². The molecule has 3 nitrogen and oxygen atoms in total. The summed E-state index contributed by atoms with van der Waals surface area (Å²) in [5, 5.41) is 13.5. The zero-order chi connectivity index (χ0) is 16.9. The molecule has 5 heteroatoms. The highest BCUT2D eigenvalue weighted by atomic mass is 35.5. The van der Waals surface area contributed by atoms with Gasteiger partial charge >= 0.3 is 0 Å². The lowest BCUT2D eigenvalue weighted by Crippen LogP contribution is -2.49. The highest BCUT2D eigenvalue weighted by Crippen LogP contribution is 2.50. The minimum atomic E-state index is -0.244. The van der Waals surface area contributed by atoms with Crippen LogP contribution in [0.25, 0.3) is 0 Å². The molecule has 128 valence electrons. The predicted octanol–water partition coefficient (Wildman–Crippen LogP) is 4.70. The molecular weight excluding hydrogens is 342 g/mol. The number of benzene rings is 1. The number of halogens is 1. The van der Waals surface area contributed by atoms with E-state index in [1.165, 1.54) is 16.0 Å². The Morgan fingerprint density at radius 3 is 2.96 bits per heavy atom. The first-order valence-electron chi connectivity index (χ1n) is 8.45. The number of piperidine rings is 1. The SMILES string of the molecule is Cc1cc([C@@H]2C[C@]3(C[C@H](C)N2)OCCc2cc(Cl)sc23)ccc1O. The molecule has 1 saturated heterocycles. The van der Waals surface area contributed by atoms with Crippen molar-refractivity contribution >= 4 is 22.9 Å². The number of aryl methyl sites for hydroxylation is 1. The molecule has 1 aromatic heterocycles. The van der Waals surface area contributed by atoms with Crippen LogP contribution in [-0.2, 0) is 16.8 Å². The van der Waals surface area contributed by atoms with E-state index in [-0.39, 0.29) is 11.6 Å². The number of aromatic hydroxyl groups is 1. The first-order valence-corrected chi connectivity index (χ1v) is 9.64. The molecular formula is C19H22ClNO2S. The van der Waals surface area contributed by atoms with E-state index in [1.54, 1.807) is 17.4 Å². The second kappa shape index (κ2) is 6.03. The Morgan fingerprint density at radius 1 is 1.33 bits per heavy atom. The average Bonchev–Trinajstić information content (AvgIpc) is 2.92. The van der Waals surface area contributed by atoms with Gasteiger partial charge in [-0.2, -0.15) is 0 Å². The molecule has 2 aliphatic rings. The van der Waals surface area contributed by atoms with Crippen LogP contribution in [0.5, 0.6) is 5.75 Å². The minimum Gasteiger partial charge on any atom is -0.508 e. The lowest BCUT2D eigenvalue weighted by atomic mass is 9.78. The zero-order valence-corrected chi connectivity index (χ0v) is 15.5. The summed E-state index contributed by atoms with van der Waals surface area (Å²) in [7, 11) is 0. The molecule has 3 atom stereocenters. The smallest absolute Gasteiger partial charge is 0.118 e. The van der Waals surface area contributed by atoms with Crippen molar-refractivity contribution in [3.05, 3.63) is 50.2 Å². The second-order valence-corrected chi connectivity index (χ2v) is 8.76. The molecule has 2 aliphatic heterocycles. The van der Waals surface area contributed by atoms with Crippen molar-refractivity contribution in [2.24, 2.45) is 0 Å². The van der Waals surface area contributed by atoms with Crippen molar-refractivity contribution in [3.63, 3.8) is 0 Å². The first kappa shape index (κ1) is 16.4. The number of thiophene rings is 1. The van der Waals surface area contributed by atoms with Gasteiger partial charge in [0, 0.05) is 23.4 Å². The minimum absolute atomic E-state index is 0.208. The summed E-state index contributed by atoms with van der Waals surface area (Å²) >= 11 is 7.97. The van der Waals surface area contributed by atoms with Gasteiger partial charge < -0.3 is 15.2 Å². The van der Waals surface area contributed by atoms with Gasteiger partial charge in [-0.15, -0.1) is 11.3 Å². The number of rotatable bonds is 1. The number of nitrogens with one attached hydrogen (secondary N) is 1. The third-order valence-corrected chi connectivity index (χ3v) is 6.71. The van der Waals surface area contributed by atoms with E-state index in [1.807, 2.05) is 13.0 Å². The molecule has 0 amide bonds.